The molecule has 6 nitrogen and oxygen atoms in total. The molecule has 2 N–H and O–H groups in total. The van der Waals surface area contributed by atoms with Crippen molar-refractivity contribution in [2.75, 3.05) is 22.0 Å². The van der Waals surface area contributed by atoms with Gasteiger partial charge in [-0.2, -0.15) is 0 Å². The van der Waals surface area contributed by atoms with Crippen LogP contribution in [0.5, 0.6) is 0 Å². The summed E-state index contributed by atoms with van der Waals surface area (Å²) >= 11 is 2.62. The van der Waals surface area contributed by atoms with Gasteiger partial charge in [-0.3, -0.25) is 9.52 Å². The second kappa shape index (κ2) is 7.60. The number of nitrogens with zero attached hydrogens (tertiary/aromatic N) is 1. The number of sulfonamides is 1. The van der Waals surface area contributed by atoms with Gasteiger partial charge in [0.05, 0.1) is 27.9 Å². The van der Waals surface area contributed by atoms with Gasteiger partial charge in [-0.05, 0) is 36.4 Å². The molecule has 0 radical (unpaired) electrons. The first-order valence-electron chi connectivity index (χ1n) is 7.35. The zero-order chi connectivity index (χ0) is 18.7. The van der Waals surface area contributed by atoms with Crippen LogP contribution < -0.4 is 10.0 Å². The van der Waals surface area contributed by atoms with Crippen LogP contribution in [-0.4, -0.2) is 31.3 Å². The fraction of sp³-hybridized carbons (Fsp3) is 0.125. The van der Waals surface area contributed by atoms with Gasteiger partial charge in [0.25, 0.3) is 0 Å². The number of carbonyl (C=O) groups is 1. The van der Waals surface area contributed by atoms with E-state index in [2.05, 4.69) is 15.0 Å². The summed E-state index contributed by atoms with van der Waals surface area (Å²) < 4.78 is 39.6. The van der Waals surface area contributed by atoms with Crippen LogP contribution in [0.25, 0.3) is 10.2 Å². The normalized spacial score (nSPS) is 11.5. The largest absolute Gasteiger partial charge is 0.325 e. The molecule has 26 heavy (non-hydrogen) atoms. The Hall–Kier alpha value is -2.17. The molecule has 0 fully saturated rings. The third kappa shape index (κ3) is 5.16. The van der Waals surface area contributed by atoms with Crippen molar-refractivity contribution >= 4 is 60.6 Å². The van der Waals surface area contributed by atoms with Crippen molar-refractivity contribution in [2.45, 2.75) is 4.34 Å². The molecule has 0 saturated heterocycles. The number of amides is 1. The summed E-state index contributed by atoms with van der Waals surface area (Å²) in [5, 5.41) is 2.62. The molecule has 1 aromatic heterocycles. The second-order valence-electron chi connectivity index (χ2n) is 5.38. The third-order valence-electron chi connectivity index (χ3n) is 3.11. The van der Waals surface area contributed by atoms with Crippen molar-refractivity contribution in [3.8, 4) is 0 Å². The summed E-state index contributed by atoms with van der Waals surface area (Å²) in [4.78, 5) is 16.4. The Bertz CT molecular complexity index is 1070. The molecule has 0 aliphatic rings. The molecule has 0 saturated carbocycles. The lowest BCUT2D eigenvalue weighted by Crippen LogP contribution is -2.13. The van der Waals surface area contributed by atoms with E-state index in [0.29, 0.717) is 15.7 Å². The van der Waals surface area contributed by atoms with Crippen molar-refractivity contribution in [3.63, 3.8) is 0 Å². The van der Waals surface area contributed by atoms with Gasteiger partial charge >= 0.3 is 0 Å². The van der Waals surface area contributed by atoms with Gasteiger partial charge in [-0.25, -0.2) is 17.8 Å². The molecular weight excluding hydrogens is 397 g/mol. The molecule has 0 aliphatic heterocycles. The van der Waals surface area contributed by atoms with Crippen LogP contribution in [0.3, 0.4) is 0 Å². The third-order valence-corrected chi connectivity index (χ3v) is 5.87. The highest BCUT2D eigenvalue weighted by molar-refractivity contribution is 8.01. The minimum absolute atomic E-state index is 0.130. The van der Waals surface area contributed by atoms with Crippen molar-refractivity contribution < 1.29 is 17.6 Å². The molecule has 0 bridgehead atoms. The van der Waals surface area contributed by atoms with E-state index in [9.17, 15) is 17.6 Å². The number of halogens is 1. The Balaban J connectivity index is 1.64. The van der Waals surface area contributed by atoms with Gasteiger partial charge in [-0.1, -0.05) is 17.8 Å². The Morgan fingerprint density at radius 2 is 2.04 bits per heavy atom. The molecular formula is C16H14FN3O3S3. The lowest BCUT2D eigenvalue weighted by Gasteiger charge is -2.03. The van der Waals surface area contributed by atoms with Crippen LogP contribution in [0.15, 0.2) is 46.8 Å². The minimum atomic E-state index is -3.34. The summed E-state index contributed by atoms with van der Waals surface area (Å²) in [7, 11) is -3.34. The number of rotatable bonds is 6. The van der Waals surface area contributed by atoms with Crippen LogP contribution >= 0.6 is 23.1 Å². The van der Waals surface area contributed by atoms with E-state index in [1.165, 1.54) is 41.3 Å². The first kappa shape index (κ1) is 18.6. The topological polar surface area (TPSA) is 88.2 Å². The molecule has 136 valence electrons. The zero-order valence-corrected chi connectivity index (χ0v) is 16.0. The van der Waals surface area contributed by atoms with Crippen LogP contribution in [0.4, 0.5) is 15.8 Å². The summed E-state index contributed by atoms with van der Waals surface area (Å²) in [6.07, 6.45) is 1.09. The molecule has 2 aromatic carbocycles. The van der Waals surface area contributed by atoms with E-state index in [0.717, 1.165) is 16.5 Å². The summed E-state index contributed by atoms with van der Waals surface area (Å²) in [5.41, 5.74) is 1.59. The van der Waals surface area contributed by atoms with Gasteiger partial charge in [0.2, 0.25) is 15.9 Å². The molecule has 0 spiro atoms. The highest BCUT2D eigenvalue weighted by atomic mass is 32.2. The maximum atomic E-state index is 13.1. The zero-order valence-electron chi connectivity index (χ0n) is 13.5. The Kier molecular flexibility index (Phi) is 5.44. The highest BCUT2D eigenvalue weighted by Gasteiger charge is 2.10. The second-order valence-corrected chi connectivity index (χ2v) is 9.39. The van der Waals surface area contributed by atoms with Crippen molar-refractivity contribution in [2.24, 2.45) is 0 Å². The van der Waals surface area contributed by atoms with Crippen LogP contribution in [0.1, 0.15) is 0 Å². The molecule has 1 heterocycles. The molecule has 0 unspecified atom stereocenters. The lowest BCUT2D eigenvalue weighted by atomic mass is 10.3. The van der Waals surface area contributed by atoms with E-state index in [1.54, 1.807) is 24.3 Å². The number of benzene rings is 2. The van der Waals surface area contributed by atoms with E-state index in [1.807, 2.05) is 0 Å². The predicted octanol–water partition coefficient (Wildman–Crippen LogP) is 3.54. The van der Waals surface area contributed by atoms with E-state index >= 15 is 0 Å². The van der Waals surface area contributed by atoms with Gasteiger partial charge in [-0.15, -0.1) is 11.3 Å². The first-order chi connectivity index (χ1) is 12.3. The number of fused-ring (bicyclic) bond motifs is 1. The Morgan fingerprint density at radius 3 is 2.77 bits per heavy atom. The number of hydrogen-bond donors (Lipinski definition) is 2. The van der Waals surface area contributed by atoms with Gasteiger partial charge in [0.1, 0.15) is 5.82 Å². The predicted molar refractivity (Wildman–Crippen MR) is 104 cm³/mol. The smallest absolute Gasteiger partial charge is 0.234 e. The molecule has 0 atom stereocenters. The summed E-state index contributed by atoms with van der Waals surface area (Å²) in [5.74, 6) is -0.551. The number of aromatic nitrogens is 1. The average Bonchev–Trinajstić information content (AvgIpc) is 2.93. The standard InChI is InChI=1S/C16H14FN3O3S3/c1-26(22,23)20-12-5-6-13-14(8-12)25-16(19-13)24-9-15(21)18-11-4-2-3-10(17)7-11/h2-8,20H,9H2,1H3,(H,18,21). The summed E-state index contributed by atoms with van der Waals surface area (Å²) in [6, 6.07) is 10.7. The molecule has 3 aromatic rings. The van der Waals surface area contributed by atoms with Crippen LogP contribution in [0.2, 0.25) is 0 Å². The highest BCUT2D eigenvalue weighted by Crippen LogP contribution is 2.31. The number of nitrogens with one attached hydrogen (secondary N) is 2. The van der Waals surface area contributed by atoms with Gasteiger partial charge in [0, 0.05) is 5.69 Å². The number of thiazole rings is 1. The Morgan fingerprint density at radius 1 is 1.23 bits per heavy atom. The monoisotopic (exact) mass is 411 g/mol. The van der Waals surface area contributed by atoms with Crippen molar-refractivity contribution in [3.05, 3.63) is 48.3 Å². The SMILES string of the molecule is CS(=O)(=O)Nc1ccc2nc(SCC(=O)Nc3cccc(F)c3)sc2c1. The van der Waals surface area contributed by atoms with Crippen LogP contribution in [0, 0.1) is 5.82 Å². The van der Waals surface area contributed by atoms with Crippen LogP contribution in [-0.2, 0) is 14.8 Å². The van der Waals surface area contributed by atoms with E-state index < -0.39 is 15.8 Å². The molecule has 3 rings (SSSR count). The van der Waals surface area contributed by atoms with Gasteiger partial charge in [0.15, 0.2) is 4.34 Å². The fourth-order valence-electron chi connectivity index (χ4n) is 2.13. The number of hydrogen-bond acceptors (Lipinski definition) is 6. The average molecular weight is 412 g/mol. The minimum Gasteiger partial charge on any atom is -0.325 e. The van der Waals surface area contributed by atoms with E-state index in [4.69, 9.17) is 0 Å². The fourth-order valence-corrected chi connectivity index (χ4v) is 4.60. The number of thioether (sulfide) groups is 1. The van der Waals surface area contributed by atoms with E-state index in [-0.39, 0.29) is 11.7 Å². The van der Waals surface area contributed by atoms with Gasteiger partial charge < -0.3 is 5.32 Å². The number of anilines is 2. The Labute approximate surface area is 157 Å². The first-order valence-corrected chi connectivity index (χ1v) is 11.0. The lowest BCUT2D eigenvalue weighted by molar-refractivity contribution is -0.113. The van der Waals surface area contributed by atoms with Crippen molar-refractivity contribution in [1.29, 1.82) is 0 Å². The van der Waals surface area contributed by atoms with Crippen molar-refractivity contribution in [1.82, 2.24) is 4.98 Å². The summed E-state index contributed by atoms with van der Waals surface area (Å²) in [6.45, 7) is 0. The number of carbonyl (C=O) groups excluding carboxylic acids is 1. The maximum Gasteiger partial charge on any atom is 0.234 e. The maximum absolute atomic E-state index is 13.1. The molecule has 10 heteroatoms. The molecule has 1 amide bonds. The quantitative estimate of drug-likeness (QED) is 0.606. The molecule has 0 aliphatic carbocycles.